The molecular weight excluding hydrogens is 332 g/mol. The highest BCUT2D eigenvalue weighted by atomic mass is 32.2. The second-order valence-corrected chi connectivity index (χ2v) is 8.60. The first-order chi connectivity index (χ1) is 9.99. The molecule has 0 amide bonds. The summed E-state index contributed by atoms with van der Waals surface area (Å²) in [5, 5.41) is 8.85. The number of carboxylic acids is 1. The first kappa shape index (κ1) is 18.5. The second kappa shape index (κ2) is 6.71. The molecule has 0 radical (unpaired) electrons. The Balaban J connectivity index is 3.11. The van der Waals surface area contributed by atoms with Crippen LogP contribution >= 0.6 is 0 Å². The molecule has 22 heavy (non-hydrogen) atoms. The van der Waals surface area contributed by atoms with Gasteiger partial charge in [-0.1, -0.05) is 20.3 Å². The molecule has 1 heterocycles. The number of rotatable bonds is 7. The van der Waals surface area contributed by atoms with Gasteiger partial charge in [0.05, 0.1) is 0 Å². The zero-order valence-corrected chi connectivity index (χ0v) is 14.0. The van der Waals surface area contributed by atoms with Crippen molar-refractivity contribution in [2.75, 3.05) is 6.26 Å². The van der Waals surface area contributed by atoms with Gasteiger partial charge in [0.2, 0.25) is 10.0 Å². The maximum atomic E-state index is 12.2. The van der Waals surface area contributed by atoms with Crippen LogP contribution in [0.5, 0.6) is 0 Å². The van der Waals surface area contributed by atoms with E-state index in [0.717, 1.165) is 24.6 Å². The van der Waals surface area contributed by atoms with E-state index >= 15 is 0 Å². The highest BCUT2D eigenvalue weighted by molar-refractivity contribution is 7.90. The number of aromatic nitrogens is 1. The highest BCUT2D eigenvalue weighted by Gasteiger charge is 2.29. The fourth-order valence-corrected chi connectivity index (χ4v) is 3.43. The molecule has 2 N–H and O–H groups in total. The summed E-state index contributed by atoms with van der Waals surface area (Å²) in [6.45, 7) is 3.36. The van der Waals surface area contributed by atoms with Gasteiger partial charge in [-0.3, -0.25) is 4.79 Å². The van der Waals surface area contributed by atoms with Crippen molar-refractivity contribution in [2.24, 2.45) is 5.92 Å². The Morgan fingerprint density at radius 2 is 1.91 bits per heavy atom. The van der Waals surface area contributed by atoms with E-state index in [1.165, 1.54) is 0 Å². The average molecular weight is 350 g/mol. The molecule has 0 saturated heterocycles. The van der Waals surface area contributed by atoms with E-state index in [9.17, 15) is 21.6 Å². The molecular formula is C12H18N2O6S2. The molecule has 0 aliphatic carbocycles. The first-order valence-electron chi connectivity index (χ1n) is 6.40. The number of hydrogen-bond donors (Lipinski definition) is 2. The smallest absolute Gasteiger partial charge is 0.322 e. The van der Waals surface area contributed by atoms with Gasteiger partial charge in [0.25, 0.3) is 0 Å². The van der Waals surface area contributed by atoms with Gasteiger partial charge in [-0.05, 0) is 18.1 Å². The fourth-order valence-electron chi connectivity index (χ4n) is 1.63. The Morgan fingerprint density at radius 1 is 1.32 bits per heavy atom. The van der Waals surface area contributed by atoms with Crippen molar-refractivity contribution < 1.29 is 26.7 Å². The molecule has 1 aromatic rings. The molecule has 2 atom stereocenters. The summed E-state index contributed by atoms with van der Waals surface area (Å²) < 4.78 is 49.0. The van der Waals surface area contributed by atoms with Crippen molar-refractivity contribution >= 4 is 25.8 Å². The van der Waals surface area contributed by atoms with E-state index in [2.05, 4.69) is 9.71 Å². The Bertz CT molecular complexity index is 740. The molecule has 0 saturated carbocycles. The molecule has 124 valence electrons. The standard InChI is InChI=1S/C12H18N2O6S2/c1-4-8(2)11(12(15)16)14-22(19,20)9-5-6-10(13-7-9)21(3,17)18/h5-8,11,14H,4H2,1-3H3,(H,15,16)/t8-,11-/m0/s1. The third kappa shape index (κ3) is 4.49. The summed E-state index contributed by atoms with van der Waals surface area (Å²) in [5.74, 6) is -1.69. The van der Waals surface area contributed by atoms with E-state index < -0.39 is 37.8 Å². The largest absolute Gasteiger partial charge is 0.480 e. The summed E-state index contributed by atoms with van der Waals surface area (Å²) in [4.78, 5) is 14.5. The third-order valence-electron chi connectivity index (χ3n) is 3.16. The van der Waals surface area contributed by atoms with Gasteiger partial charge in [0.1, 0.15) is 10.9 Å². The van der Waals surface area contributed by atoms with Gasteiger partial charge in [-0.15, -0.1) is 0 Å². The van der Waals surface area contributed by atoms with E-state index in [1.54, 1.807) is 13.8 Å². The lowest BCUT2D eigenvalue weighted by Crippen LogP contribution is -2.44. The van der Waals surface area contributed by atoms with Gasteiger partial charge in [-0.2, -0.15) is 4.72 Å². The minimum Gasteiger partial charge on any atom is -0.480 e. The molecule has 8 nitrogen and oxygen atoms in total. The zero-order valence-electron chi connectivity index (χ0n) is 12.3. The third-order valence-corrected chi connectivity index (χ3v) is 5.59. The van der Waals surface area contributed by atoms with Gasteiger partial charge >= 0.3 is 5.97 Å². The van der Waals surface area contributed by atoms with Crippen LogP contribution in [-0.2, 0) is 24.7 Å². The summed E-state index contributed by atoms with van der Waals surface area (Å²) in [6.07, 6.45) is 2.31. The Morgan fingerprint density at radius 3 is 2.27 bits per heavy atom. The normalized spacial score (nSPS) is 15.2. The SMILES string of the molecule is CC[C@H](C)[C@H](NS(=O)(=O)c1ccc(S(C)(=O)=O)nc1)C(=O)O. The number of pyridine rings is 1. The predicted octanol–water partition coefficient (Wildman–Crippen LogP) is 0.263. The van der Waals surface area contributed by atoms with Crippen LogP contribution in [-0.4, -0.2) is 45.2 Å². The predicted molar refractivity (Wildman–Crippen MR) is 78.5 cm³/mol. The van der Waals surface area contributed by atoms with Gasteiger partial charge in [-0.25, -0.2) is 21.8 Å². The van der Waals surface area contributed by atoms with Gasteiger partial charge in [0.15, 0.2) is 14.9 Å². The molecule has 1 rings (SSSR count). The molecule has 10 heteroatoms. The van der Waals surface area contributed by atoms with E-state index in [0.29, 0.717) is 6.42 Å². The van der Waals surface area contributed by atoms with Crippen LogP contribution in [0.2, 0.25) is 0 Å². The van der Waals surface area contributed by atoms with Crippen molar-refractivity contribution in [3.05, 3.63) is 18.3 Å². The van der Waals surface area contributed by atoms with Crippen LogP contribution in [0.25, 0.3) is 0 Å². The van der Waals surface area contributed by atoms with Crippen LogP contribution in [0.4, 0.5) is 0 Å². The molecule has 0 aliphatic rings. The molecule has 0 aromatic carbocycles. The topological polar surface area (TPSA) is 130 Å². The van der Waals surface area contributed by atoms with Crippen molar-refractivity contribution in [1.29, 1.82) is 0 Å². The lowest BCUT2D eigenvalue weighted by molar-refractivity contribution is -0.140. The van der Waals surface area contributed by atoms with Crippen molar-refractivity contribution in [3.8, 4) is 0 Å². The van der Waals surface area contributed by atoms with E-state index in [-0.39, 0.29) is 9.92 Å². The van der Waals surface area contributed by atoms with Crippen LogP contribution in [0.15, 0.2) is 28.3 Å². The van der Waals surface area contributed by atoms with E-state index in [1.807, 2.05) is 0 Å². The van der Waals surface area contributed by atoms with Crippen molar-refractivity contribution in [3.63, 3.8) is 0 Å². The number of nitrogens with one attached hydrogen (secondary N) is 1. The number of carboxylic acid groups (broad SMARTS) is 1. The summed E-state index contributed by atoms with van der Waals surface area (Å²) in [6, 6.07) is 0.856. The maximum absolute atomic E-state index is 12.2. The van der Waals surface area contributed by atoms with Gasteiger partial charge < -0.3 is 5.11 Å². The molecule has 0 spiro atoms. The molecule has 0 unspecified atom stereocenters. The Hall–Kier alpha value is -1.52. The van der Waals surface area contributed by atoms with Crippen LogP contribution < -0.4 is 4.72 Å². The Kier molecular flexibility index (Phi) is 5.65. The second-order valence-electron chi connectivity index (χ2n) is 4.93. The molecule has 0 aliphatic heterocycles. The minimum absolute atomic E-state index is 0.261. The zero-order chi connectivity index (χ0) is 17.1. The summed E-state index contributed by atoms with van der Waals surface area (Å²) in [5.41, 5.74) is 0. The number of hydrogen-bond acceptors (Lipinski definition) is 6. The van der Waals surface area contributed by atoms with Crippen molar-refractivity contribution in [2.45, 2.75) is 36.2 Å². The quantitative estimate of drug-likeness (QED) is 0.721. The van der Waals surface area contributed by atoms with Crippen molar-refractivity contribution in [1.82, 2.24) is 9.71 Å². The lowest BCUT2D eigenvalue weighted by atomic mass is 10.0. The average Bonchev–Trinajstić information content (AvgIpc) is 2.43. The maximum Gasteiger partial charge on any atom is 0.322 e. The van der Waals surface area contributed by atoms with Crippen LogP contribution in [0.3, 0.4) is 0 Å². The van der Waals surface area contributed by atoms with Crippen LogP contribution in [0, 0.1) is 5.92 Å². The van der Waals surface area contributed by atoms with Gasteiger partial charge in [0, 0.05) is 12.5 Å². The van der Waals surface area contributed by atoms with E-state index in [4.69, 9.17) is 5.11 Å². The minimum atomic E-state index is -4.11. The number of sulfone groups is 1. The molecule has 0 bridgehead atoms. The number of sulfonamides is 1. The summed E-state index contributed by atoms with van der Waals surface area (Å²) >= 11 is 0. The monoisotopic (exact) mass is 350 g/mol. The number of nitrogens with zero attached hydrogens (tertiary/aromatic N) is 1. The number of aliphatic carboxylic acids is 1. The first-order valence-corrected chi connectivity index (χ1v) is 9.77. The summed E-state index contributed by atoms with van der Waals surface area (Å²) in [7, 11) is -7.65. The lowest BCUT2D eigenvalue weighted by Gasteiger charge is -2.20. The molecule has 0 fully saturated rings. The number of carbonyl (C=O) groups is 1. The van der Waals surface area contributed by atoms with Crippen LogP contribution in [0.1, 0.15) is 20.3 Å². The fraction of sp³-hybridized carbons (Fsp3) is 0.500. The Labute approximate surface area is 129 Å². The highest BCUT2D eigenvalue weighted by Crippen LogP contribution is 2.15. The molecule has 1 aromatic heterocycles.